The highest BCUT2D eigenvalue weighted by Crippen LogP contribution is 2.33. The van der Waals surface area contributed by atoms with E-state index in [9.17, 15) is 18.4 Å². The van der Waals surface area contributed by atoms with E-state index >= 15 is 0 Å². The number of rotatable bonds is 4. The van der Waals surface area contributed by atoms with Crippen LogP contribution in [0.5, 0.6) is 0 Å². The summed E-state index contributed by atoms with van der Waals surface area (Å²) in [5.41, 5.74) is 1.26. The average Bonchev–Trinajstić information content (AvgIpc) is 3.14. The van der Waals surface area contributed by atoms with Gasteiger partial charge >= 0.3 is 5.97 Å². The first kappa shape index (κ1) is 17.8. The van der Waals surface area contributed by atoms with Gasteiger partial charge in [-0.1, -0.05) is 11.2 Å². The van der Waals surface area contributed by atoms with Crippen LogP contribution in [0.25, 0.3) is 11.4 Å². The fourth-order valence-corrected chi connectivity index (χ4v) is 2.91. The largest absolute Gasteiger partial charge is 0.455 e. The Kier molecular flexibility index (Phi) is 4.56. The van der Waals surface area contributed by atoms with Crippen molar-refractivity contribution in [1.29, 1.82) is 0 Å². The summed E-state index contributed by atoms with van der Waals surface area (Å²) in [6.45, 7) is -0.290. The Hall–Kier alpha value is -3.62. The van der Waals surface area contributed by atoms with Crippen LogP contribution in [-0.2, 0) is 20.9 Å². The first-order valence-corrected chi connectivity index (χ1v) is 8.34. The molecule has 3 aromatic rings. The molecule has 0 radical (unpaired) electrons. The molecule has 1 aromatic heterocycles. The van der Waals surface area contributed by atoms with E-state index in [0.717, 1.165) is 6.07 Å². The third-order valence-corrected chi connectivity index (χ3v) is 4.25. The minimum absolute atomic E-state index is 0.0484. The van der Waals surface area contributed by atoms with Gasteiger partial charge in [-0.2, -0.15) is 4.98 Å². The zero-order valence-corrected chi connectivity index (χ0v) is 14.3. The number of nitrogens with zero attached hydrogens (tertiary/aromatic N) is 2. The van der Waals surface area contributed by atoms with Gasteiger partial charge in [-0.05, 0) is 42.0 Å². The molecule has 28 heavy (non-hydrogen) atoms. The number of carbonyl (C=O) groups is 2. The Labute approximate surface area is 157 Å². The molecule has 142 valence electrons. The van der Waals surface area contributed by atoms with Crippen molar-refractivity contribution in [1.82, 2.24) is 10.1 Å². The first-order chi connectivity index (χ1) is 13.5. The summed E-state index contributed by atoms with van der Waals surface area (Å²) in [6.07, 6.45) is -0.109. The normalized spacial score (nSPS) is 15.6. The number of nitrogens with one attached hydrogen (secondary N) is 1. The zero-order valence-electron chi connectivity index (χ0n) is 14.3. The second-order valence-electron chi connectivity index (χ2n) is 6.16. The predicted molar refractivity (Wildman–Crippen MR) is 91.9 cm³/mol. The molecule has 1 atom stereocenters. The highest BCUT2D eigenvalue weighted by molar-refractivity contribution is 5.99. The summed E-state index contributed by atoms with van der Waals surface area (Å²) >= 11 is 0. The van der Waals surface area contributed by atoms with Crippen molar-refractivity contribution in [3.63, 3.8) is 0 Å². The van der Waals surface area contributed by atoms with Crippen molar-refractivity contribution < 1.29 is 27.6 Å². The van der Waals surface area contributed by atoms with Crippen LogP contribution >= 0.6 is 0 Å². The van der Waals surface area contributed by atoms with Crippen LogP contribution in [0.4, 0.5) is 14.5 Å². The summed E-state index contributed by atoms with van der Waals surface area (Å²) in [5.74, 6) is -2.56. The summed E-state index contributed by atoms with van der Waals surface area (Å²) in [5, 5.41) is 6.29. The molecule has 7 nitrogen and oxygen atoms in total. The highest BCUT2D eigenvalue weighted by Gasteiger charge is 2.32. The molecule has 0 spiro atoms. The second-order valence-corrected chi connectivity index (χ2v) is 6.16. The minimum atomic E-state index is -0.858. The molecule has 0 aliphatic carbocycles. The summed E-state index contributed by atoms with van der Waals surface area (Å²) in [6, 6.07) is 9.32. The number of halogens is 2. The molecular weight excluding hydrogens is 372 g/mol. The average molecular weight is 385 g/mol. The van der Waals surface area contributed by atoms with Crippen LogP contribution in [0.1, 0.15) is 23.8 Å². The number of carbonyl (C=O) groups excluding carboxylic acids is 2. The Balaban J connectivity index is 1.45. The second kappa shape index (κ2) is 7.18. The maximum atomic E-state index is 13.4. The van der Waals surface area contributed by atoms with E-state index in [-0.39, 0.29) is 30.4 Å². The Morgan fingerprint density at radius 2 is 1.93 bits per heavy atom. The van der Waals surface area contributed by atoms with Gasteiger partial charge in [-0.3, -0.25) is 9.59 Å². The van der Waals surface area contributed by atoms with Crippen molar-refractivity contribution in [3.05, 3.63) is 65.6 Å². The molecule has 1 aliphatic heterocycles. The lowest BCUT2D eigenvalue weighted by Gasteiger charge is -2.23. The lowest BCUT2D eigenvalue weighted by molar-refractivity contribution is -0.148. The Morgan fingerprint density at radius 3 is 2.71 bits per heavy atom. The van der Waals surface area contributed by atoms with E-state index < -0.39 is 29.4 Å². The van der Waals surface area contributed by atoms with Crippen LogP contribution < -0.4 is 5.32 Å². The number of anilines is 1. The van der Waals surface area contributed by atoms with E-state index in [1.165, 1.54) is 36.4 Å². The number of hydrogen-bond donors (Lipinski definition) is 1. The molecule has 0 unspecified atom stereocenters. The van der Waals surface area contributed by atoms with E-state index in [2.05, 4.69) is 15.5 Å². The standard InChI is InChI=1S/C19H13F2N3O4/c20-11-3-1-10(2-4-11)18-23-17(28-24-18)9-27-19(26)14-8-16(25)22-15-7-12(21)5-6-13(14)15/h1-7,14H,8-9H2,(H,22,25)/t14-/m0/s1. The number of amides is 1. The highest BCUT2D eigenvalue weighted by atomic mass is 19.1. The van der Waals surface area contributed by atoms with Crippen LogP contribution in [0, 0.1) is 11.6 Å². The van der Waals surface area contributed by atoms with Crippen molar-refractivity contribution in [2.45, 2.75) is 18.9 Å². The molecule has 0 saturated carbocycles. The van der Waals surface area contributed by atoms with Gasteiger partial charge in [0.25, 0.3) is 5.89 Å². The van der Waals surface area contributed by atoms with Gasteiger partial charge in [0, 0.05) is 17.7 Å². The molecule has 0 saturated heterocycles. The van der Waals surface area contributed by atoms with Gasteiger partial charge < -0.3 is 14.6 Å². The van der Waals surface area contributed by atoms with Gasteiger partial charge in [0.2, 0.25) is 11.7 Å². The van der Waals surface area contributed by atoms with Gasteiger partial charge in [-0.25, -0.2) is 8.78 Å². The molecular formula is C19H13F2N3O4. The molecule has 1 amide bonds. The topological polar surface area (TPSA) is 94.3 Å². The van der Waals surface area contributed by atoms with Gasteiger partial charge in [0.05, 0.1) is 5.92 Å². The van der Waals surface area contributed by atoms with Crippen LogP contribution in [0.3, 0.4) is 0 Å². The van der Waals surface area contributed by atoms with E-state index in [1.807, 2.05) is 0 Å². The number of fused-ring (bicyclic) bond motifs is 1. The maximum Gasteiger partial charge on any atom is 0.314 e. The zero-order chi connectivity index (χ0) is 19.7. The van der Waals surface area contributed by atoms with Crippen molar-refractivity contribution in [2.75, 3.05) is 5.32 Å². The lowest BCUT2D eigenvalue weighted by Crippen LogP contribution is -2.28. The molecule has 0 bridgehead atoms. The Morgan fingerprint density at radius 1 is 1.18 bits per heavy atom. The van der Waals surface area contributed by atoms with Gasteiger partial charge in [0.15, 0.2) is 6.61 Å². The molecule has 2 heterocycles. The summed E-state index contributed by atoms with van der Waals surface area (Å²) in [4.78, 5) is 28.3. The third-order valence-electron chi connectivity index (χ3n) is 4.25. The predicted octanol–water partition coefficient (Wildman–Crippen LogP) is 3.18. The molecule has 1 N–H and O–H groups in total. The van der Waals surface area contributed by atoms with Crippen molar-refractivity contribution in [3.8, 4) is 11.4 Å². The quantitative estimate of drug-likeness (QED) is 0.693. The molecule has 4 rings (SSSR count). The SMILES string of the molecule is O=C1C[C@H](C(=O)OCc2nc(-c3ccc(F)cc3)no2)c2ccc(F)cc2N1. The van der Waals surface area contributed by atoms with Crippen LogP contribution in [0.15, 0.2) is 47.0 Å². The maximum absolute atomic E-state index is 13.4. The monoisotopic (exact) mass is 385 g/mol. The van der Waals surface area contributed by atoms with E-state index in [0.29, 0.717) is 11.1 Å². The molecule has 1 aliphatic rings. The fraction of sp³-hybridized carbons (Fsp3) is 0.158. The number of esters is 1. The van der Waals surface area contributed by atoms with Crippen LogP contribution in [-0.4, -0.2) is 22.0 Å². The van der Waals surface area contributed by atoms with Crippen molar-refractivity contribution >= 4 is 17.6 Å². The van der Waals surface area contributed by atoms with Gasteiger partial charge in [0.1, 0.15) is 11.6 Å². The summed E-state index contributed by atoms with van der Waals surface area (Å²) in [7, 11) is 0. The first-order valence-electron chi connectivity index (χ1n) is 8.34. The third kappa shape index (κ3) is 3.59. The Bertz CT molecular complexity index is 1050. The number of benzene rings is 2. The number of aromatic nitrogens is 2. The molecule has 9 heteroatoms. The van der Waals surface area contributed by atoms with E-state index in [1.54, 1.807) is 0 Å². The molecule has 2 aromatic carbocycles. The minimum Gasteiger partial charge on any atom is -0.455 e. The number of hydrogen-bond acceptors (Lipinski definition) is 6. The van der Waals surface area contributed by atoms with Gasteiger partial charge in [-0.15, -0.1) is 0 Å². The smallest absolute Gasteiger partial charge is 0.314 e. The fourth-order valence-electron chi connectivity index (χ4n) is 2.91. The van der Waals surface area contributed by atoms with Crippen molar-refractivity contribution in [2.24, 2.45) is 0 Å². The van der Waals surface area contributed by atoms with E-state index in [4.69, 9.17) is 9.26 Å². The summed E-state index contributed by atoms with van der Waals surface area (Å²) < 4.78 is 36.6. The molecule has 0 fully saturated rings. The lowest BCUT2D eigenvalue weighted by atomic mass is 9.90. The number of ether oxygens (including phenoxy) is 1. The van der Waals surface area contributed by atoms with Crippen LogP contribution in [0.2, 0.25) is 0 Å².